The minimum Gasteiger partial charge on any atom is -0.480 e. The Kier molecular flexibility index (Phi) is 3.87. The number of hydrogen-bond acceptors (Lipinski definition) is 5. The third-order valence-electron chi connectivity index (χ3n) is 2.86. The Balaban J connectivity index is 2.44. The van der Waals surface area contributed by atoms with Gasteiger partial charge in [-0.15, -0.1) is 0 Å². The monoisotopic (exact) mass is 286 g/mol. The van der Waals surface area contributed by atoms with Crippen molar-refractivity contribution in [3.63, 3.8) is 0 Å². The molecule has 102 valence electrons. The van der Waals surface area contributed by atoms with Crippen LogP contribution in [0.4, 0.5) is 11.4 Å². The van der Waals surface area contributed by atoms with Crippen molar-refractivity contribution < 1.29 is 19.6 Å². The standard InChI is InChI=1S/C11H11ClN2O5/c12-7-1-2-8(9(5-7)14(17)18)13-3-4-19-6-10(13)11(15)16/h1-2,5,10H,3-4,6H2,(H,15,16). The highest BCUT2D eigenvalue weighted by Gasteiger charge is 2.33. The molecule has 1 atom stereocenters. The van der Waals surface area contributed by atoms with Gasteiger partial charge in [-0.25, -0.2) is 4.79 Å². The minimum atomic E-state index is -1.08. The first-order valence-corrected chi connectivity index (χ1v) is 5.89. The number of nitro groups is 1. The summed E-state index contributed by atoms with van der Waals surface area (Å²) in [6.07, 6.45) is 0. The highest BCUT2D eigenvalue weighted by Crippen LogP contribution is 2.33. The zero-order valence-electron chi connectivity index (χ0n) is 9.78. The van der Waals surface area contributed by atoms with Gasteiger partial charge in [-0.1, -0.05) is 11.6 Å². The lowest BCUT2D eigenvalue weighted by atomic mass is 10.1. The van der Waals surface area contributed by atoms with Crippen LogP contribution in [0.2, 0.25) is 5.02 Å². The topological polar surface area (TPSA) is 92.9 Å². The maximum Gasteiger partial charge on any atom is 0.328 e. The fraction of sp³-hybridized carbons (Fsp3) is 0.364. The predicted octanol–water partition coefficient (Wildman–Crippen LogP) is 1.54. The second-order valence-corrected chi connectivity index (χ2v) is 4.45. The number of ether oxygens (including phenoxy) is 1. The molecular weight excluding hydrogens is 276 g/mol. The van der Waals surface area contributed by atoms with Crippen LogP contribution in [-0.4, -0.2) is 41.8 Å². The lowest BCUT2D eigenvalue weighted by Gasteiger charge is -2.34. The van der Waals surface area contributed by atoms with Gasteiger partial charge in [0.2, 0.25) is 0 Å². The van der Waals surface area contributed by atoms with Gasteiger partial charge in [0, 0.05) is 17.6 Å². The Bertz CT molecular complexity index is 522. The summed E-state index contributed by atoms with van der Waals surface area (Å²) in [5.74, 6) is -1.08. The predicted molar refractivity (Wildman–Crippen MR) is 67.7 cm³/mol. The van der Waals surface area contributed by atoms with E-state index in [0.717, 1.165) is 0 Å². The molecule has 1 fully saturated rings. The number of benzene rings is 1. The summed E-state index contributed by atoms with van der Waals surface area (Å²) < 4.78 is 5.10. The highest BCUT2D eigenvalue weighted by molar-refractivity contribution is 6.30. The van der Waals surface area contributed by atoms with Crippen molar-refractivity contribution in [2.45, 2.75) is 6.04 Å². The van der Waals surface area contributed by atoms with Crippen molar-refractivity contribution in [1.29, 1.82) is 0 Å². The van der Waals surface area contributed by atoms with E-state index in [-0.39, 0.29) is 29.5 Å². The molecule has 1 aromatic carbocycles. The molecule has 0 aromatic heterocycles. The quantitative estimate of drug-likeness (QED) is 0.669. The second kappa shape index (κ2) is 5.41. The van der Waals surface area contributed by atoms with Gasteiger partial charge >= 0.3 is 5.97 Å². The van der Waals surface area contributed by atoms with E-state index in [1.165, 1.54) is 23.1 Å². The van der Waals surface area contributed by atoms with Gasteiger partial charge in [-0.05, 0) is 12.1 Å². The van der Waals surface area contributed by atoms with Crippen LogP contribution in [0.5, 0.6) is 0 Å². The molecule has 0 spiro atoms. The third kappa shape index (κ3) is 2.77. The van der Waals surface area contributed by atoms with Crippen molar-refractivity contribution >= 4 is 28.9 Å². The van der Waals surface area contributed by atoms with Crippen molar-refractivity contribution in [3.8, 4) is 0 Å². The van der Waals surface area contributed by atoms with E-state index in [2.05, 4.69) is 0 Å². The molecule has 0 saturated carbocycles. The molecule has 1 aliphatic heterocycles. The van der Waals surface area contributed by atoms with Crippen molar-refractivity contribution in [2.24, 2.45) is 0 Å². The van der Waals surface area contributed by atoms with Gasteiger partial charge in [0.25, 0.3) is 5.69 Å². The van der Waals surface area contributed by atoms with Crippen LogP contribution in [0.3, 0.4) is 0 Å². The number of carbonyl (C=O) groups is 1. The van der Waals surface area contributed by atoms with Crippen LogP contribution in [0.25, 0.3) is 0 Å². The first kappa shape index (κ1) is 13.6. The van der Waals surface area contributed by atoms with E-state index < -0.39 is 16.9 Å². The van der Waals surface area contributed by atoms with E-state index in [1.54, 1.807) is 0 Å². The molecule has 0 aliphatic carbocycles. The highest BCUT2D eigenvalue weighted by atomic mass is 35.5. The summed E-state index contributed by atoms with van der Waals surface area (Å²) in [5.41, 5.74) is 0.0331. The lowest BCUT2D eigenvalue weighted by molar-refractivity contribution is -0.384. The number of rotatable bonds is 3. The Morgan fingerprint density at radius 1 is 1.58 bits per heavy atom. The zero-order chi connectivity index (χ0) is 14.0. The molecule has 1 aromatic rings. The van der Waals surface area contributed by atoms with Crippen LogP contribution in [0, 0.1) is 10.1 Å². The second-order valence-electron chi connectivity index (χ2n) is 4.01. The molecule has 8 heteroatoms. The zero-order valence-corrected chi connectivity index (χ0v) is 10.5. The molecule has 0 radical (unpaired) electrons. The van der Waals surface area contributed by atoms with E-state index in [9.17, 15) is 14.9 Å². The summed E-state index contributed by atoms with van der Waals surface area (Å²) >= 11 is 5.73. The fourth-order valence-electron chi connectivity index (χ4n) is 1.98. The summed E-state index contributed by atoms with van der Waals surface area (Å²) in [6, 6.07) is 3.24. The summed E-state index contributed by atoms with van der Waals surface area (Å²) in [4.78, 5) is 23.1. The number of aliphatic carboxylic acids is 1. The van der Waals surface area contributed by atoms with Crippen molar-refractivity contribution in [3.05, 3.63) is 33.3 Å². The molecule has 1 aliphatic rings. The van der Waals surface area contributed by atoms with Gasteiger partial charge < -0.3 is 14.7 Å². The first-order valence-electron chi connectivity index (χ1n) is 5.52. The fourth-order valence-corrected chi connectivity index (χ4v) is 2.15. The van der Waals surface area contributed by atoms with Gasteiger partial charge in [0.05, 0.1) is 18.1 Å². The maximum atomic E-state index is 11.2. The number of morpholine rings is 1. The average molecular weight is 287 g/mol. The van der Waals surface area contributed by atoms with E-state index in [1.807, 2.05) is 0 Å². The average Bonchev–Trinajstić information content (AvgIpc) is 2.38. The van der Waals surface area contributed by atoms with E-state index >= 15 is 0 Å². The van der Waals surface area contributed by atoms with E-state index in [0.29, 0.717) is 6.61 Å². The minimum absolute atomic E-state index is 0.00485. The van der Waals surface area contributed by atoms with Gasteiger partial charge in [-0.3, -0.25) is 10.1 Å². The van der Waals surface area contributed by atoms with Gasteiger partial charge in [-0.2, -0.15) is 0 Å². The molecule has 0 bridgehead atoms. The molecule has 7 nitrogen and oxygen atoms in total. The normalized spacial score (nSPS) is 19.2. The molecular formula is C11H11ClN2O5. The van der Waals surface area contributed by atoms with Crippen molar-refractivity contribution in [1.82, 2.24) is 0 Å². The Morgan fingerprint density at radius 3 is 2.95 bits per heavy atom. The first-order chi connectivity index (χ1) is 9.00. The van der Waals surface area contributed by atoms with Crippen LogP contribution in [-0.2, 0) is 9.53 Å². The smallest absolute Gasteiger partial charge is 0.328 e. The SMILES string of the molecule is O=C(O)C1COCCN1c1ccc(Cl)cc1[N+](=O)[O-]. The van der Waals surface area contributed by atoms with Crippen LogP contribution >= 0.6 is 11.6 Å². The number of carboxylic acids is 1. The van der Waals surface area contributed by atoms with Crippen LogP contribution in [0.15, 0.2) is 18.2 Å². The Hall–Kier alpha value is -1.86. The van der Waals surface area contributed by atoms with E-state index in [4.69, 9.17) is 21.4 Å². The summed E-state index contributed by atoms with van der Waals surface area (Å²) in [6.45, 7) is 0.595. The molecule has 0 amide bonds. The summed E-state index contributed by atoms with van der Waals surface area (Å²) in [7, 11) is 0. The number of anilines is 1. The molecule has 1 N–H and O–H groups in total. The number of carboxylic acid groups (broad SMARTS) is 1. The van der Waals surface area contributed by atoms with Crippen LogP contribution in [0.1, 0.15) is 0 Å². The van der Waals surface area contributed by atoms with Crippen molar-refractivity contribution in [2.75, 3.05) is 24.7 Å². The molecule has 1 heterocycles. The molecule has 19 heavy (non-hydrogen) atoms. The lowest BCUT2D eigenvalue weighted by Crippen LogP contribution is -2.50. The summed E-state index contributed by atoms with van der Waals surface area (Å²) in [5, 5.41) is 20.4. The van der Waals surface area contributed by atoms with Crippen LogP contribution < -0.4 is 4.90 Å². The third-order valence-corrected chi connectivity index (χ3v) is 3.09. The molecule has 1 saturated heterocycles. The number of halogens is 1. The maximum absolute atomic E-state index is 11.2. The van der Waals surface area contributed by atoms with Gasteiger partial charge in [0.15, 0.2) is 6.04 Å². The molecule has 2 rings (SSSR count). The van der Waals surface area contributed by atoms with Gasteiger partial charge in [0.1, 0.15) is 5.69 Å². The number of nitro benzene ring substituents is 1. The Morgan fingerprint density at radius 2 is 2.32 bits per heavy atom. The molecule has 1 unspecified atom stereocenters. The number of nitrogens with zero attached hydrogens (tertiary/aromatic N) is 2. The largest absolute Gasteiger partial charge is 0.480 e. The number of hydrogen-bond donors (Lipinski definition) is 1. The Labute approximate surface area is 113 Å².